The molecule has 1 aliphatic carbocycles. The second-order valence-electron chi connectivity index (χ2n) is 9.01. The van der Waals surface area contributed by atoms with Crippen LogP contribution in [0.3, 0.4) is 0 Å². The number of aliphatic imine (C=N–C) groups is 1. The van der Waals surface area contributed by atoms with E-state index in [2.05, 4.69) is 27.0 Å². The second-order valence-corrected chi connectivity index (χ2v) is 9.01. The normalized spacial score (nSPS) is 23.6. The van der Waals surface area contributed by atoms with Crippen molar-refractivity contribution in [2.24, 2.45) is 10.9 Å². The van der Waals surface area contributed by atoms with Crippen LogP contribution in [0.15, 0.2) is 47.1 Å². The number of allylic oxidation sites excluding steroid dienone is 1. The van der Waals surface area contributed by atoms with E-state index >= 15 is 0 Å². The number of aliphatic hydroxyl groups is 1. The van der Waals surface area contributed by atoms with Gasteiger partial charge in [0.1, 0.15) is 5.82 Å². The van der Waals surface area contributed by atoms with Crippen LogP contribution in [0.25, 0.3) is 10.9 Å². The molecule has 0 radical (unpaired) electrons. The first-order valence-electron chi connectivity index (χ1n) is 11.5. The maximum Gasteiger partial charge on any atom is 0.170 e. The molecule has 3 aliphatic rings. The molecule has 2 unspecified atom stereocenters. The minimum Gasteiger partial charge on any atom is -0.395 e. The fraction of sp³-hybridized carbons (Fsp3) is 0.480. The lowest BCUT2D eigenvalue weighted by atomic mass is 9.87. The summed E-state index contributed by atoms with van der Waals surface area (Å²) in [5.41, 5.74) is 1.50. The van der Waals surface area contributed by atoms with E-state index < -0.39 is 5.67 Å². The van der Waals surface area contributed by atoms with Gasteiger partial charge in [0.15, 0.2) is 11.5 Å². The van der Waals surface area contributed by atoms with Gasteiger partial charge in [0.2, 0.25) is 0 Å². The summed E-state index contributed by atoms with van der Waals surface area (Å²) in [5, 5.41) is 10.2. The van der Waals surface area contributed by atoms with E-state index in [4.69, 9.17) is 9.72 Å². The molecule has 1 aromatic carbocycles. The van der Waals surface area contributed by atoms with Crippen LogP contribution in [0.4, 0.5) is 15.9 Å². The fourth-order valence-electron chi connectivity index (χ4n) is 4.55. The van der Waals surface area contributed by atoms with E-state index in [0.717, 1.165) is 29.6 Å². The van der Waals surface area contributed by atoms with Crippen molar-refractivity contribution in [3.8, 4) is 0 Å². The molecule has 0 amide bonds. The molecule has 0 bridgehead atoms. The monoisotopic (exact) mass is 451 g/mol. The number of hydrogen-bond acceptors (Lipinski definition) is 7. The number of aliphatic hydroxyl groups excluding tert-OH is 1. The number of benzene rings is 1. The molecule has 8 heteroatoms. The molecule has 2 aliphatic heterocycles. The fourth-order valence-corrected chi connectivity index (χ4v) is 4.55. The van der Waals surface area contributed by atoms with Gasteiger partial charge in [0, 0.05) is 63.2 Å². The van der Waals surface area contributed by atoms with Crippen molar-refractivity contribution in [1.29, 1.82) is 0 Å². The molecular formula is C25H30FN5O2. The molecule has 1 fully saturated rings. The molecule has 2 aromatic rings. The smallest absolute Gasteiger partial charge is 0.170 e. The van der Waals surface area contributed by atoms with Crippen LogP contribution in [0.2, 0.25) is 0 Å². The Morgan fingerprint density at radius 3 is 2.85 bits per heavy atom. The van der Waals surface area contributed by atoms with Crippen molar-refractivity contribution in [1.82, 2.24) is 9.97 Å². The summed E-state index contributed by atoms with van der Waals surface area (Å²) < 4.78 is 20.6. The number of likely N-dealkylation sites (N-methyl/N-ethyl adjacent to an activating group) is 1. The van der Waals surface area contributed by atoms with Crippen molar-refractivity contribution in [2.75, 3.05) is 50.2 Å². The number of anilines is 2. The Bertz CT molecular complexity index is 1130. The Kier molecular flexibility index (Phi) is 5.88. The van der Waals surface area contributed by atoms with Gasteiger partial charge in [-0.1, -0.05) is 6.08 Å². The van der Waals surface area contributed by atoms with Gasteiger partial charge in [0.05, 0.1) is 18.2 Å². The molecule has 0 saturated heterocycles. The van der Waals surface area contributed by atoms with Gasteiger partial charge in [-0.25, -0.2) is 14.4 Å². The second kappa shape index (κ2) is 8.83. The SMILES string of the molecule is COC1C=NCCC1C1=CCN(c2nc(C3(F)CC3)nc3ccc(N(C)CCO)cc23)C=C1. The van der Waals surface area contributed by atoms with Gasteiger partial charge in [-0.05, 0) is 49.1 Å². The predicted octanol–water partition coefficient (Wildman–Crippen LogP) is 3.38. The summed E-state index contributed by atoms with van der Waals surface area (Å²) in [5.74, 6) is 1.26. The molecule has 1 N–H and O–H groups in total. The Hall–Kier alpha value is -2.84. The van der Waals surface area contributed by atoms with Crippen LogP contribution in [0.5, 0.6) is 0 Å². The highest BCUT2D eigenvalue weighted by molar-refractivity contribution is 5.93. The molecule has 1 aromatic heterocycles. The van der Waals surface area contributed by atoms with Crippen LogP contribution in [0.1, 0.15) is 25.1 Å². The Labute approximate surface area is 193 Å². The summed E-state index contributed by atoms with van der Waals surface area (Å²) in [4.78, 5) is 17.7. The van der Waals surface area contributed by atoms with E-state index in [1.807, 2.05) is 42.6 Å². The standard InChI is InChI=1S/C25H30FN5O2/c1-30(13-14-32)18-3-4-21-20(15-18)23(29-24(28-21)25(26)8-9-25)31-11-6-17(7-12-31)19-5-10-27-16-22(19)33-2/h3-4,6-7,11,15-16,19,22,32H,5,8-10,12-14H2,1-2H3. The minimum atomic E-state index is -1.41. The average Bonchev–Trinajstić information content (AvgIpc) is 3.61. The molecule has 5 rings (SSSR count). The zero-order chi connectivity index (χ0) is 23.0. The molecule has 7 nitrogen and oxygen atoms in total. The first-order valence-corrected chi connectivity index (χ1v) is 11.5. The predicted molar refractivity (Wildman–Crippen MR) is 129 cm³/mol. The summed E-state index contributed by atoms with van der Waals surface area (Å²) in [7, 11) is 3.65. The third-order valence-corrected chi connectivity index (χ3v) is 6.79. The number of halogens is 1. The Morgan fingerprint density at radius 2 is 2.15 bits per heavy atom. The lowest BCUT2D eigenvalue weighted by Crippen LogP contribution is -2.31. The average molecular weight is 452 g/mol. The van der Waals surface area contributed by atoms with E-state index in [1.54, 1.807) is 7.11 Å². The summed E-state index contributed by atoms with van der Waals surface area (Å²) >= 11 is 0. The number of methoxy groups -OCH3 is 1. The lowest BCUT2D eigenvalue weighted by Gasteiger charge is -2.30. The number of ether oxygens (including phenoxy) is 1. The van der Waals surface area contributed by atoms with Gasteiger partial charge >= 0.3 is 0 Å². The minimum absolute atomic E-state index is 0.0152. The maximum atomic E-state index is 15.0. The van der Waals surface area contributed by atoms with E-state index in [-0.39, 0.29) is 24.5 Å². The van der Waals surface area contributed by atoms with Crippen LogP contribution in [-0.2, 0) is 10.4 Å². The van der Waals surface area contributed by atoms with E-state index in [9.17, 15) is 9.50 Å². The summed E-state index contributed by atoms with van der Waals surface area (Å²) in [6, 6.07) is 5.89. The van der Waals surface area contributed by atoms with Crippen LogP contribution >= 0.6 is 0 Å². The van der Waals surface area contributed by atoms with Gasteiger partial charge in [-0.3, -0.25) is 4.99 Å². The van der Waals surface area contributed by atoms with Gasteiger partial charge in [0.25, 0.3) is 0 Å². The number of nitrogens with zero attached hydrogens (tertiary/aromatic N) is 5. The van der Waals surface area contributed by atoms with Gasteiger partial charge in [-0.2, -0.15) is 0 Å². The molecule has 0 spiro atoms. The number of aromatic nitrogens is 2. The van der Waals surface area contributed by atoms with E-state index in [0.29, 0.717) is 31.7 Å². The quantitative estimate of drug-likeness (QED) is 0.696. The highest BCUT2D eigenvalue weighted by atomic mass is 19.1. The third-order valence-electron chi connectivity index (χ3n) is 6.79. The van der Waals surface area contributed by atoms with Crippen LogP contribution in [0, 0.1) is 5.92 Å². The van der Waals surface area contributed by atoms with Crippen molar-refractivity contribution in [3.63, 3.8) is 0 Å². The molecule has 174 valence electrons. The van der Waals surface area contributed by atoms with Crippen LogP contribution < -0.4 is 9.80 Å². The molecule has 33 heavy (non-hydrogen) atoms. The van der Waals surface area contributed by atoms with Crippen molar-refractivity contribution in [2.45, 2.75) is 31.0 Å². The van der Waals surface area contributed by atoms with Gasteiger partial charge in [-0.15, -0.1) is 0 Å². The largest absolute Gasteiger partial charge is 0.395 e. The van der Waals surface area contributed by atoms with Crippen molar-refractivity contribution >= 4 is 28.6 Å². The topological polar surface area (TPSA) is 74.1 Å². The van der Waals surface area contributed by atoms with E-state index in [1.165, 1.54) is 5.57 Å². The molecular weight excluding hydrogens is 421 g/mol. The molecule has 2 atom stereocenters. The number of alkyl halides is 1. The summed E-state index contributed by atoms with van der Waals surface area (Å²) in [6.07, 6.45) is 10.1. The zero-order valence-corrected chi connectivity index (χ0v) is 19.1. The zero-order valence-electron chi connectivity index (χ0n) is 19.1. The van der Waals surface area contributed by atoms with Crippen LogP contribution in [-0.4, -0.2) is 67.8 Å². The number of hydrogen-bond donors (Lipinski definition) is 1. The van der Waals surface area contributed by atoms with Crippen molar-refractivity contribution < 1.29 is 14.2 Å². The summed E-state index contributed by atoms with van der Waals surface area (Å²) in [6.45, 7) is 2.03. The lowest BCUT2D eigenvalue weighted by molar-refractivity contribution is 0.116. The first kappa shape index (κ1) is 22.0. The highest BCUT2D eigenvalue weighted by Gasteiger charge is 2.48. The maximum absolute atomic E-state index is 15.0. The molecule has 1 saturated carbocycles. The highest BCUT2D eigenvalue weighted by Crippen LogP contribution is 2.49. The Balaban J connectivity index is 1.50. The third kappa shape index (κ3) is 4.25. The Morgan fingerprint density at radius 1 is 1.30 bits per heavy atom. The van der Waals surface area contributed by atoms with Crippen molar-refractivity contribution in [3.05, 3.63) is 47.9 Å². The molecule has 3 heterocycles. The first-order chi connectivity index (χ1) is 16.0. The van der Waals surface area contributed by atoms with Gasteiger partial charge < -0.3 is 19.6 Å². The number of rotatable bonds is 7. The number of fused-ring (bicyclic) bond motifs is 1.